The fourth-order valence-electron chi connectivity index (χ4n) is 4.43. The number of fused-ring (bicyclic) bond motifs is 1. The van der Waals surface area contributed by atoms with Crippen LogP contribution in [0.15, 0.2) is 29.1 Å². The molecular formula is C23H30N2O3S. The van der Waals surface area contributed by atoms with Gasteiger partial charge in [0.25, 0.3) is 11.8 Å². The topological polar surface area (TPSA) is 62.6 Å². The summed E-state index contributed by atoms with van der Waals surface area (Å²) in [5.74, 6) is 0.719. The first kappa shape index (κ1) is 20.2. The molecular weight excluding hydrogens is 384 g/mol. The number of furan rings is 1. The first-order valence-corrected chi connectivity index (χ1v) is 11.4. The number of nitrogens with zero attached hydrogens (tertiary/aromatic N) is 1. The van der Waals surface area contributed by atoms with Crippen LogP contribution in [-0.2, 0) is 12.8 Å². The summed E-state index contributed by atoms with van der Waals surface area (Å²) in [6.45, 7) is 8.25. The number of nitrogens with one attached hydrogen (secondary N) is 1. The third-order valence-electron chi connectivity index (χ3n) is 6.42. The second-order valence-electron chi connectivity index (χ2n) is 9.42. The van der Waals surface area contributed by atoms with Crippen molar-refractivity contribution in [1.29, 1.82) is 0 Å². The molecule has 1 fully saturated rings. The van der Waals surface area contributed by atoms with Gasteiger partial charge in [-0.25, -0.2) is 0 Å². The van der Waals surface area contributed by atoms with Gasteiger partial charge in [-0.2, -0.15) is 0 Å². The predicted octanol–water partition coefficient (Wildman–Crippen LogP) is 4.53. The maximum Gasteiger partial charge on any atom is 0.261 e. The van der Waals surface area contributed by atoms with Crippen molar-refractivity contribution in [3.8, 4) is 0 Å². The van der Waals surface area contributed by atoms with E-state index in [0.717, 1.165) is 30.6 Å². The van der Waals surface area contributed by atoms with E-state index in [0.29, 0.717) is 30.0 Å². The van der Waals surface area contributed by atoms with Crippen LogP contribution in [0, 0.1) is 11.3 Å². The molecule has 1 atom stereocenters. The molecule has 0 radical (unpaired) electrons. The van der Waals surface area contributed by atoms with E-state index in [1.807, 2.05) is 4.90 Å². The number of thiophene rings is 1. The maximum atomic E-state index is 12.8. The summed E-state index contributed by atoms with van der Waals surface area (Å²) >= 11 is 1.66. The molecule has 156 valence electrons. The molecule has 2 amide bonds. The second-order valence-corrected chi connectivity index (χ2v) is 10.6. The standard InChI is InChI=1S/C23H30N2O3S/c1-23(2,3)17-4-5-19-16(12-17)13-20(29-19)21(26)24-18-6-9-25(10-7-18)22(27)15-8-11-28-14-15/h8,11,13-14,17-18H,4-7,9-10,12H2,1-3H3,(H,24,26). The molecule has 2 aromatic heterocycles. The minimum absolute atomic E-state index is 0.00265. The van der Waals surface area contributed by atoms with Crippen molar-refractivity contribution >= 4 is 23.2 Å². The molecule has 5 nitrogen and oxygen atoms in total. The van der Waals surface area contributed by atoms with Gasteiger partial charge in [0.2, 0.25) is 0 Å². The molecule has 1 aliphatic carbocycles. The van der Waals surface area contributed by atoms with Gasteiger partial charge in [-0.1, -0.05) is 20.8 Å². The summed E-state index contributed by atoms with van der Waals surface area (Å²) < 4.78 is 5.01. The predicted molar refractivity (Wildman–Crippen MR) is 114 cm³/mol. The highest BCUT2D eigenvalue weighted by Gasteiger charge is 2.31. The van der Waals surface area contributed by atoms with E-state index in [4.69, 9.17) is 4.42 Å². The van der Waals surface area contributed by atoms with Gasteiger partial charge in [0, 0.05) is 24.0 Å². The first-order valence-electron chi connectivity index (χ1n) is 10.5. The molecule has 3 heterocycles. The molecule has 0 aromatic carbocycles. The minimum atomic E-state index is 0.00265. The molecule has 1 unspecified atom stereocenters. The van der Waals surface area contributed by atoms with Crippen LogP contribution < -0.4 is 5.32 Å². The number of likely N-dealkylation sites (tertiary alicyclic amines) is 1. The van der Waals surface area contributed by atoms with E-state index in [-0.39, 0.29) is 17.9 Å². The Labute approximate surface area is 176 Å². The lowest BCUT2D eigenvalue weighted by atomic mass is 9.72. The van der Waals surface area contributed by atoms with Crippen LogP contribution in [0.4, 0.5) is 0 Å². The van der Waals surface area contributed by atoms with Crippen molar-refractivity contribution in [3.63, 3.8) is 0 Å². The highest BCUT2D eigenvalue weighted by atomic mass is 32.1. The lowest BCUT2D eigenvalue weighted by Crippen LogP contribution is -2.46. The van der Waals surface area contributed by atoms with Crippen molar-refractivity contribution in [3.05, 3.63) is 45.5 Å². The Hall–Kier alpha value is -2.08. The normalized spacial score (nSPS) is 20.4. The van der Waals surface area contributed by atoms with Crippen LogP contribution in [0.1, 0.15) is 70.5 Å². The number of aryl methyl sites for hydroxylation is 1. The smallest absolute Gasteiger partial charge is 0.261 e. The highest BCUT2D eigenvalue weighted by molar-refractivity contribution is 7.14. The number of hydrogen-bond acceptors (Lipinski definition) is 4. The second kappa shape index (κ2) is 7.98. The molecule has 0 bridgehead atoms. The number of rotatable bonds is 3. The number of carbonyl (C=O) groups excluding carboxylic acids is 2. The average Bonchev–Trinajstić information content (AvgIpc) is 3.36. The molecule has 4 rings (SSSR count). The molecule has 1 saturated heterocycles. The van der Waals surface area contributed by atoms with Gasteiger partial charge in [0.1, 0.15) is 6.26 Å². The van der Waals surface area contributed by atoms with Gasteiger partial charge in [-0.05, 0) is 61.1 Å². The largest absolute Gasteiger partial charge is 0.472 e. The number of hydrogen-bond donors (Lipinski definition) is 1. The molecule has 2 aromatic rings. The Balaban J connectivity index is 1.32. The molecule has 1 aliphatic heterocycles. The van der Waals surface area contributed by atoms with Crippen LogP contribution in [0.3, 0.4) is 0 Å². The Morgan fingerprint density at radius 3 is 2.62 bits per heavy atom. The summed E-state index contributed by atoms with van der Waals surface area (Å²) in [5, 5.41) is 3.19. The van der Waals surface area contributed by atoms with Gasteiger partial charge in [-0.15, -0.1) is 11.3 Å². The molecule has 1 N–H and O–H groups in total. The lowest BCUT2D eigenvalue weighted by molar-refractivity contribution is 0.0697. The van der Waals surface area contributed by atoms with E-state index < -0.39 is 0 Å². The summed E-state index contributed by atoms with van der Waals surface area (Å²) in [6, 6.07) is 3.93. The van der Waals surface area contributed by atoms with E-state index in [9.17, 15) is 9.59 Å². The van der Waals surface area contributed by atoms with Crippen LogP contribution in [0.2, 0.25) is 0 Å². The van der Waals surface area contributed by atoms with Crippen molar-refractivity contribution in [2.24, 2.45) is 11.3 Å². The third kappa shape index (κ3) is 4.42. The first-order chi connectivity index (χ1) is 13.8. The van der Waals surface area contributed by atoms with Crippen molar-refractivity contribution < 1.29 is 14.0 Å². The fraction of sp³-hybridized carbons (Fsp3) is 0.565. The van der Waals surface area contributed by atoms with Gasteiger partial charge < -0.3 is 14.6 Å². The average molecular weight is 415 g/mol. The number of piperidine rings is 1. The fourth-order valence-corrected chi connectivity index (χ4v) is 5.54. The lowest BCUT2D eigenvalue weighted by Gasteiger charge is -2.33. The summed E-state index contributed by atoms with van der Waals surface area (Å²) in [6.07, 6.45) is 7.95. The highest BCUT2D eigenvalue weighted by Crippen LogP contribution is 2.40. The Kier molecular flexibility index (Phi) is 5.56. The van der Waals surface area contributed by atoms with E-state index in [1.165, 1.54) is 29.4 Å². The van der Waals surface area contributed by atoms with Gasteiger partial charge in [0.15, 0.2) is 0 Å². The van der Waals surface area contributed by atoms with Crippen LogP contribution in [0.25, 0.3) is 0 Å². The Morgan fingerprint density at radius 1 is 1.21 bits per heavy atom. The zero-order valence-corrected chi connectivity index (χ0v) is 18.3. The van der Waals surface area contributed by atoms with Crippen LogP contribution in [-0.4, -0.2) is 35.8 Å². The number of carbonyl (C=O) groups is 2. The summed E-state index contributed by atoms with van der Waals surface area (Å²) in [5.41, 5.74) is 2.27. The van der Waals surface area contributed by atoms with Crippen molar-refractivity contribution in [2.75, 3.05) is 13.1 Å². The minimum Gasteiger partial charge on any atom is -0.472 e. The summed E-state index contributed by atoms with van der Waals surface area (Å²) in [7, 11) is 0. The molecule has 0 saturated carbocycles. The SMILES string of the molecule is CC(C)(C)C1CCc2sc(C(=O)NC3CCN(C(=O)c4ccoc4)CC3)cc2C1. The number of amides is 2. The molecule has 0 spiro atoms. The van der Waals surface area contributed by atoms with Crippen LogP contribution >= 0.6 is 11.3 Å². The molecule has 6 heteroatoms. The summed E-state index contributed by atoms with van der Waals surface area (Å²) in [4.78, 5) is 29.3. The Bertz CT molecular complexity index is 871. The maximum absolute atomic E-state index is 12.8. The Morgan fingerprint density at radius 2 is 1.97 bits per heavy atom. The zero-order valence-electron chi connectivity index (χ0n) is 17.5. The quantitative estimate of drug-likeness (QED) is 0.803. The third-order valence-corrected chi connectivity index (χ3v) is 7.65. The zero-order chi connectivity index (χ0) is 20.6. The molecule has 2 aliphatic rings. The van der Waals surface area contributed by atoms with E-state index >= 15 is 0 Å². The van der Waals surface area contributed by atoms with Crippen molar-refractivity contribution in [2.45, 2.75) is 58.9 Å². The van der Waals surface area contributed by atoms with E-state index in [2.05, 4.69) is 32.2 Å². The van der Waals surface area contributed by atoms with Crippen LogP contribution in [0.5, 0.6) is 0 Å². The van der Waals surface area contributed by atoms with Gasteiger partial charge in [-0.3, -0.25) is 9.59 Å². The van der Waals surface area contributed by atoms with E-state index in [1.54, 1.807) is 17.4 Å². The van der Waals surface area contributed by atoms with Gasteiger partial charge >= 0.3 is 0 Å². The monoisotopic (exact) mass is 414 g/mol. The van der Waals surface area contributed by atoms with Gasteiger partial charge in [0.05, 0.1) is 16.7 Å². The molecule has 29 heavy (non-hydrogen) atoms. The van der Waals surface area contributed by atoms with Crippen molar-refractivity contribution in [1.82, 2.24) is 10.2 Å².